The van der Waals surface area contributed by atoms with Crippen molar-refractivity contribution < 1.29 is 14.3 Å². The largest absolute Gasteiger partial charge is 0.509 e. The first-order chi connectivity index (χ1) is 4.83. The lowest BCUT2D eigenvalue weighted by molar-refractivity contribution is 0.0377. The Morgan fingerprint density at radius 1 is 1.80 bits per heavy atom. The zero-order valence-electron chi connectivity index (χ0n) is 5.62. The molecule has 1 heterocycles. The van der Waals surface area contributed by atoms with Crippen LogP contribution in [-0.2, 0) is 9.47 Å². The zero-order valence-corrected chi connectivity index (χ0v) is 6.44. The standard InChI is InChI=1S/C5H9NO3S/c1-8-5(7)9-4-2-10-3-6-4/h4,6H,2-3H2,1H3. The first-order valence-corrected chi connectivity index (χ1v) is 4.04. The van der Waals surface area contributed by atoms with Crippen LogP contribution in [0, 0.1) is 0 Å². The average molecular weight is 163 g/mol. The van der Waals surface area contributed by atoms with Gasteiger partial charge in [-0.3, -0.25) is 5.32 Å². The number of methoxy groups -OCH3 is 1. The van der Waals surface area contributed by atoms with Gasteiger partial charge >= 0.3 is 6.16 Å². The van der Waals surface area contributed by atoms with Crippen LogP contribution in [-0.4, -0.2) is 31.1 Å². The molecule has 0 bridgehead atoms. The molecule has 0 aliphatic carbocycles. The third-order valence-electron chi connectivity index (χ3n) is 1.09. The lowest BCUT2D eigenvalue weighted by Gasteiger charge is -2.08. The summed E-state index contributed by atoms with van der Waals surface area (Å²) >= 11 is 1.69. The van der Waals surface area contributed by atoms with Crippen LogP contribution >= 0.6 is 11.8 Å². The van der Waals surface area contributed by atoms with Gasteiger partial charge in [0, 0.05) is 11.6 Å². The summed E-state index contributed by atoms with van der Waals surface area (Å²) in [7, 11) is 1.30. The maximum absolute atomic E-state index is 10.5. The maximum atomic E-state index is 10.5. The summed E-state index contributed by atoms with van der Waals surface area (Å²) in [6.45, 7) is 0. The topological polar surface area (TPSA) is 47.6 Å². The van der Waals surface area contributed by atoms with Gasteiger partial charge in [-0.2, -0.15) is 0 Å². The molecule has 0 aromatic carbocycles. The number of carbonyl (C=O) groups excluding carboxylic acids is 1. The van der Waals surface area contributed by atoms with Crippen LogP contribution < -0.4 is 5.32 Å². The molecule has 0 aromatic rings. The van der Waals surface area contributed by atoms with E-state index < -0.39 is 6.16 Å². The third kappa shape index (κ3) is 2.07. The van der Waals surface area contributed by atoms with Crippen LogP contribution in [0.2, 0.25) is 0 Å². The fraction of sp³-hybridized carbons (Fsp3) is 0.800. The summed E-state index contributed by atoms with van der Waals surface area (Å²) in [5.74, 6) is 1.64. The third-order valence-corrected chi connectivity index (χ3v) is 2.00. The van der Waals surface area contributed by atoms with Gasteiger partial charge in [0.05, 0.1) is 7.11 Å². The fourth-order valence-corrected chi connectivity index (χ4v) is 1.44. The number of nitrogens with one attached hydrogen (secondary N) is 1. The lowest BCUT2D eigenvalue weighted by atomic mass is 10.7. The van der Waals surface area contributed by atoms with Crippen molar-refractivity contribution in [3.8, 4) is 0 Å². The summed E-state index contributed by atoms with van der Waals surface area (Å²) in [6, 6.07) is 0. The van der Waals surface area contributed by atoms with Crippen LogP contribution in [0.3, 0.4) is 0 Å². The summed E-state index contributed by atoms with van der Waals surface area (Å²) < 4.78 is 9.07. The molecule has 0 radical (unpaired) electrons. The fourth-order valence-electron chi connectivity index (χ4n) is 0.617. The molecule has 1 atom stereocenters. The van der Waals surface area contributed by atoms with Crippen LogP contribution in [0.4, 0.5) is 4.79 Å². The minimum Gasteiger partial charge on any atom is -0.438 e. The number of thioether (sulfide) groups is 1. The average Bonchev–Trinajstić information content (AvgIpc) is 2.40. The van der Waals surface area contributed by atoms with E-state index in [0.29, 0.717) is 0 Å². The van der Waals surface area contributed by atoms with Crippen molar-refractivity contribution in [1.82, 2.24) is 5.32 Å². The van der Waals surface area contributed by atoms with Crippen molar-refractivity contribution >= 4 is 17.9 Å². The molecule has 5 heteroatoms. The van der Waals surface area contributed by atoms with E-state index in [0.717, 1.165) is 11.6 Å². The SMILES string of the molecule is COC(=O)OC1CSCN1. The van der Waals surface area contributed by atoms with Gasteiger partial charge in [0.1, 0.15) is 0 Å². The highest BCUT2D eigenvalue weighted by atomic mass is 32.2. The predicted octanol–water partition coefficient (Wildman–Crippen LogP) is 0.389. The Hall–Kier alpha value is -0.420. The Kier molecular flexibility index (Phi) is 2.82. The molecule has 0 saturated carbocycles. The van der Waals surface area contributed by atoms with Crippen molar-refractivity contribution in [1.29, 1.82) is 0 Å². The molecule has 10 heavy (non-hydrogen) atoms. The van der Waals surface area contributed by atoms with Crippen molar-refractivity contribution in [3.05, 3.63) is 0 Å². The molecule has 1 N–H and O–H groups in total. The summed E-state index contributed by atoms with van der Waals surface area (Å²) in [4.78, 5) is 10.5. The zero-order chi connectivity index (χ0) is 7.40. The minimum absolute atomic E-state index is 0.169. The van der Waals surface area contributed by atoms with Crippen molar-refractivity contribution in [3.63, 3.8) is 0 Å². The van der Waals surface area contributed by atoms with E-state index in [-0.39, 0.29) is 6.23 Å². The van der Waals surface area contributed by atoms with Gasteiger partial charge in [-0.1, -0.05) is 0 Å². The molecule has 1 rings (SSSR count). The molecular formula is C5H9NO3S. The van der Waals surface area contributed by atoms with E-state index in [4.69, 9.17) is 4.74 Å². The Morgan fingerprint density at radius 3 is 3.10 bits per heavy atom. The summed E-state index contributed by atoms with van der Waals surface area (Å²) in [6.07, 6.45) is -0.794. The predicted molar refractivity (Wildman–Crippen MR) is 37.7 cm³/mol. The highest BCUT2D eigenvalue weighted by Gasteiger charge is 2.18. The second-order valence-electron chi connectivity index (χ2n) is 1.78. The van der Waals surface area contributed by atoms with Gasteiger partial charge in [-0.15, -0.1) is 11.8 Å². The molecular weight excluding hydrogens is 154 g/mol. The molecule has 1 fully saturated rings. The van der Waals surface area contributed by atoms with Crippen molar-refractivity contribution in [2.24, 2.45) is 0 Å². The summed E-state index contributed by atoms with van der Waals surface area (Å²) in [5, 5.41) is 2.96. The van der Waals surface area contributed by atoms with Gasteiger partial charge in [-0.25, -0.2) is 4.79 Å². The van der Waals surface area contributed by atoms with E-state index in [1.54, 1.807) is 11.8 Å². The summed E-state index contributed by atoms with van der Waals surface area (Å²) in [5.41, 5.74) is 0. The van der Waals surface area contributed by atoms with Crippen molar-refractivity contribution in [2.75, 3.05) is 18.7 Å². The Labute approximate surface area is 63.3 Å². The van der Waals surface area contributed by atoms with E-state index in [2.05, 4.69) is 10.1 Å². The Balaban J connectivity index is 2.17. The van der Waals surface area contributed by atoms with Crippen LogP contribution in [0.1, 0.15) is 0 Å². The van der Waals surface area contributed by atoms with E-state index in [9.17, 15) is 4.79 Å². The number of hydrogen-bond donors (Lipinski definition) is 1. The van der Waals surface area contributed by atoms with Crippen LogP contribution in [0.25, 0.3) is 0 Å². The molecule has 0 amide bonds. The maximum Gasteiger partial charge on any atom is 0.509 e. The van der Waals surface area contributed by atoms with Gasteiger partial charge in [0.15, 0.2) is 6.23 Å². The van der Waals surface area contributed by atoms with Crippen LogP contribution in [0.15, 0.2) is 0 Å². The lowest BCUT2D eigenvalue weighted by Crippen LogP contribution is -2.29. The molecule has 1 aliphatic heterocycles. The Bertz CT molecular complexity index is 124. The smallest absolute Gasteiger partial charge is 0.438 e. The van der Waals surface area contributed by atoms with Gasteiger partial charge in [0.2, 0.25) is 0 Å². The highest BCUT2D eigenvalue weighted by Crippen LogP contribution is 2.10. The molecule has 58 valence electrons. The van der Waals surface area contributed by atoms with Crippen LogP contribution in [0.5, 0.6) is 0 Å². The van der Waals surface area contributed by atoms with Gasteiger partial charge in [-0.05, 0) is 0 Å². The van der Waals surface area contributed by atoms with Gasteiger partial charge in [0.25, 0.3) is 0 Å². The normalized spacial score (nSPS) is 24.3. The van der Waals surface area contributed by atoms with E-state index >= 15 is 0 Å². The first-order valence-electron chi connectivity index (χ1n) is 2.88. The molecule has 0 aromatic heterocycles. The monoisotopic (exact) mass is 163 g/mol. The first kappa shape index (κ1) is 7.68. The molecule has 1 saturated heterocycles. The van der Waals surface area contributed by atoms with E-state index in [1.165, 1.54) is 7.11 Å². The minimum atomic E-state index is -0.625. The quantitative estimate of drug-likeness (QED) is 0.566. The second kappa shape index (κ2) is 3.68. The second-order valence-corrected chi connectivity index (χ2v) is 2.81. The van der Waals surface area contributed by atoms with Gasteiger partial charge < -0.3 is 9.47 Å². The van der Waals surface area contributed by atoms with Crippen molar-refractivity contribution in [2.45, 2.75) is 6.23 Å². The molecule has 0 spiro atoms. The number of ether oxygens (including phenoxy) is 2. The number of rotatable bonds is 1. The molecule has 1 unspecified atom stereocenters. The number of carbonyl (C=O) groups is 1. The molecule has 1 aliphatic rings. The van der Waals surface area contributed by atoms with E-state index in [1.807, 2.05) is 0 Å². The highest BCUT2D eigenvalue weighted by molar-refractivity contribution is 7.99. The molecule has 4 nitrogen and oxygen atoms in total. The number of hydrogen-bond acceptors (Lipinski definition) is 5. The Morgan fingerprint density at radius 2 is 2.60 bits per heavy atom.